The number of aliphatic hydroxyl groups excluding tert-OH is 2. The van der Waals surface area contributed by atoms with Crippen LogP contribution in [-0.4, -0.2) is 53.8 Å². The average molecular weight is 507 g/mol. The second-order valence-corrected chi connectivity index (χ2v) is 8.93. The highest BCUT2D eigenvalue weighted by Crippen LogP contribution is 2.35. The first-order valence-corrected chi connectivity index (χ1v) is 12.1. The number of rotatable bonds is 10. The fraction of sp³-hybridized carbons (Fsp3) is 0.222. The summed E-state index contributed by atoms with van der Waals surface area (Å²) in [6.45, 7) is 1.48. The molecule has 0 radical (unpaired) electrons. The van der Waals surface area contributed by atoms with Gasteiger partial charge in [-0.25, -0.2) is 4.98 Å². The molecule has 0 fully saturated rings. The third-order valence-corrected chi connectivity index (χ3v) is 6.74. The second kappa shape index (κ2) is 11.3. The van der Waals surface area contributed by atoms with Crippen LogP contribution in [0.2, 0.25) is 0 Å². The van der Waals surface area contributed by atoms with Crippen LogP contribution in [0.25, 0.3) is 21.3 Å². The molecule has 186 valence electrons. The Hall–Kier alpha value is -3.79. The number of Topliss-reactive ketones (excluding diaryl/α,β-unsaturated/α-hetero) is 1. The van der Waals surface area contributed by atoms with Crippen molar-refractivity contribution in [3.05, 3.63) is 76.3 Å². The number of pyridine rings is 1. The smallest absolute Gasteiger partial charge is 0.251 e. The summed E-state index contributed by atoms with van der Waals surface area (Å²) in [7, 11) is 1.45. The summed E-state index contributed by atoms with van der Waals surface area (Å²) in [4.78, 5) is 30.2. The number of ether oxygens (including phenoxy) is 2. The third kappa shape index (κ3) is 5.38. The number of carbonyl (C=O) groups is 2. The van der Waals surface area contributed by atoms with Crippen molar-refractivity contribution in [3.8, 4) is 22.8 Å². The van der Waals surface area contributed by atoms with E-state index in [1.54, 1.807) is 29.5 Å². The maximum Gasteiger partial charge on any atom is 0.251 e. The molecular formula is C27H26N2O6S. The number of hydrogen-bond donors (Lipinski definition) is 3. The average Bonchev–Trinajstić information content (AvgIpc) is 3.35. The van der Waals surface area contributed by atoms with Gasteiger partial charge in [-0.1, -0.05) is 18.2 Å². The van der Waals surface area contributed by atoms with Gasteiger partial charge in [0.15, 0.2) is 17.3 Å². The minimum absolute atomic E-state index is 0.0963. The van der Waals surface area contributed by atoms with Crippen LogP contribution >= 0.6 is 11.3 Å². The Morgan fingerprint density at radius 2 is 1.92 bits per heavy atom. The predicted octanol–water partition coefficient (Wildman–Crippen LogP) is 3.76. The van der Waals surface area contributed by atoms with Gasteiger partial charge in [0.05, 0.1) is 32.6 Å². The molecule has 9 heteroatoms. The standard InChI is InChI=1S/C27H26N2O6S/c1-16-4-3-5-19-20(15-36-26(16)19)21-10-17(14-31)11-22(29-21)23(32)13-28-27(33)18-6-7-24(35-9-8-30)25(12-18)34-2/h3-7,10-12,15,30-31H,8-9,13-14H2,1-2H3,(H,28,33). The first-order chi connectivity index (χ1) is 17.4. The van der Waals surface area contributed by atoms with Gasteiger partial charge in [-0.15, -0.1) is 11.3 Å². The number of nitrogens with one attached hydrogen (secondary N) is 1. The van der Waals surface area contributed by atoms with Gasteiger partial charge in [0.1, 0.15) is 12.3 Å². The topological polar surface area (TPSA) is 118 Å². The number of methoxy groups -OCH3 is 1. The lowest BCUT2D eigenvalue weighted by atomic mass is 10.0. The molecule has 2 aromatic carbocycles. The second-order valence-electron chi connectivity index (χ2n) is 8.05. The van der Waals surface area contributed by atoms with Crippen molar-refractivity contribution in [3.63, 3.8) is 0 Å². The van der Waals surface area contributed by atoms with E-state index in [9.17, 15) is 14.7 Å². The number of nitrogens with zero attached hydrogens (tertiary/aromatic N) is 1. The van der Waals surface area contributed by atoms with Crippen LogP contribution in [0.5, 0.6) is 11.5 Å². The van der Waals surface area contributed by atoms with Gasteiger partial charge in [0, 0.05) is 26.6 Å². The minimum atomic E-state index is -0.465. The molecular weight excluding hydrogens is 480 g/mol. The zero-order valence-corrected chi connectivity index (χ0v) is 20.7. The molecule has 2 aromatic heterocycles. The maximum atomic E-state index is 13.0. The molecule has 0 spiro atoms. The number of ketones is 1. The molecule has 2 heterocycles. The van der Waals surface area contributed by atoms with E-state index in [2.05, 4.69) is 10.3 Å². The van der Waals surface area contributed by atoms with E-state index in [4.69, 9.17) is 14.6 Å². The molecule has 3 N–H and O–H groups in total. The van der Waals surface area contributed by atoms with Gasteiger partial charge in [-0.3, -0.25) is 9.59 Å². The van der Waals surface area contributed by atoms with Crippen molar-refractivity contribution in [1.82, 2.24) is 10.3 Å². The Morgan fingerprint density at radius 1 is 1.08 bits per heavy atom. The van der Waals surface area contributed by atoms with Crippen LogP contribution in [0.3, 0.4) is 0 Å². The highest BCUT2D eigenvalue weighted by molar-refractivity contribution is 7.18. The van der Waals surface area contributed by atoms with Gasteiger partial charge >= 0.3 is 0 Å². The van der Waals surface area contributed by atoms with E-state index in [0.29, 0.717) is 22.8 Å². The molecule has 0 aliphatic carbocycles. The molecule has 0 aliphatic rings. The Labute approximate surface area is 212 Å². The molecule has 0 atom stereocenters. The molecule has 1 amide bonds. The van der Waals surface area contributed by atoms with Gasteiger partial charge in [-0.2, -0.15) is 0 Å². The van der Waals surface area contributed by atoms with Crippen molar-refractivity contribution in [2.24, 2.45) is 0 Å². The lowest BCUT2D eigenvalue weighted by molar-refractivity contribution is 0.0902. The fourth-order valence-corrected chi connectivity index (χ4v) is 4.84. The lowest BCUT2D eigenvalue weighted by Crippen LogP contribution is -2.30. The number of amides is 1. The molecule has 0 saturated carbocycles. The summed E-state index contributed by atoms with van der Waals surface area (Å²) < 4.78 is 11.8. The number of aliphatic hydroxyl groups is 2. The molecule has 0 bridgehead atoms. The monoisotopic (exact) mass is 506 g/mol. The number of hydrogen-bond acceptors (Lipinski definition) is 8. The Kier molecular flexibility index (Phi) is 7.94. The molecule has 8 nitrogen and oxygen atoms in total. The summed E-state index contributed by atoms with van der Waals surface area (Å²) in [5.74, 6) is -0.117. The van der Waals surface area contributed by atoms with Crippen molar-refractivity contribution in [2.75, 3.05) is 26.9 Å². The quantitative estimate of drug-likeness (QED) is 0.280. The van der Waals surface area contributed by atoms with Gasteiger partial charge < -0.3 is 25.0 Å². The Balaban J connectivity index is 1.53. The first-order valence-electron chi connectivity index (χ1n) is 11.3. The fourth-order valence-electron chi connectivity index (χ4n) is 3.80. The summed E-state index contributed by atoms with van der Waals surface area (Å²) in [6.07, 6.45) is 0. The number of thiophene rings is 1. The summed E-state index contributed by atoms with van der Waals surface area (Å²) >= 11 is 1.61. The van der Waals surface area contributed by atoms with E-state index in [-0.39, 0.29) is 43.4 Å². The van der Waals surface area contributed by atoms with Crippen LogP contribution in [0.4, 0.5) is 0 Å². The SMILES string of the molecule is COc1cc(C(=O)NCC(=O)c2cc(CO)cc(-c3csc4c(C)cccc34)n2)ccc1OCCO. The third-order valence-electron chi connectivity index (χ3n) is 5.61. The van der Waals surface area contributed by atoms with Crippen LogP contribution in [0.1, 0.15) is 32.0 Å². The van der Waals surface area contributed by atoms with Crippen LogP contribution in [-0.2, 0) is 6.61 Å². The van der Waals surface area contributed by atoms with Crippen LogP contribution in [0, 0.1) is 6.92 Å². The zero-order valence-electron chi connectivity index (χ0n) is 19.9. The largest absolute Gasteiger partial charge is 0.493 e. The van der Waals surface area contributed by atoms with E-state index in [1.807, 2.05) is 30.5 Å². The van der Waals surface area contributed by atoms with E-state index < -0.39 is 5.91 Å². The maximum absolute atomic E-state index is 13.0. The first kappa shape index (κ1) is 25.3. The number of aryl methyl sites for hydroxylation is 1. The van der Waals surface area contributed by atoms with Crippen molar-refractivity contribution in [1.29, 1.82) is 0 Å². The molecule has 4 aromatic rings. The number of benzene rings is 2. The highest BCUT2D eigenvalue weighted by atomic mass is 32.1. The Bertz CT molecular complexity index is 1410. The van der Waals surface area contributed by atoms with Crippen molar-refractivity contribution in [2.45, 2.75) is 13.5 Å². The molecule has 4 rings (SSSR count). The zero-order chi connectivity index (χ0) is 25.7. The minimum Gasteiger partial charge on any atom is -0.493 e. The van der Waals surface area contributed by atoms with Gasteiger partial charge in [-0.05, 0) is 48.4 Å². The predicted molar refractivity (Wildman–Crippen MR) is 138 cm³/mol. The molecule has 36 heavy (non-hydrogen) atoms. The summed E-state index contributed by atoms with van der Waals surface area (Å²) in [6, 6.07) is 13.9. The number of carbonyl (C=O) groups excluding carboxylic acids is 2. The van der Waals surface area contributed by atoms with Crippen molar-refractivity contribution < 1.29 is 29.3 Å². The molecule has 0 saturated heterocycles. The number of aromatic nitrogens is 1. The lowest BCUT2D eigenvalue weighted by Gasteiger charge is -2.12. The molecule has 0 unspecified atom stereocenters. The number of fused-ring (bicyclic) bond motifs is 1. The van der Waals surface area contributed by atoms with Gasteiger partial charge in [0.25, 0.3) is 5.91 Å². The highest BCUT2D eigenvalue weighted by Gasteiger charge is 2.17. The summed E-state index contributed by atoms with van der Waals surface area (Å²) in [5.41, 5.74) is 3.65. The van der Waals surface area contributed by atoms with Crippen LogP contribution in [0.15, 0.2) is 53.9 Å². The molecule has 0 aliphatic heterocycles. The van der Waals surface area contributed by atoms with Crippen LogP contribution < -0.4 is 14.8 Å². The van der Waals surface area contributed by atoms with E-state index in [0.717, 1.165) is 21.2 Å². The van der Waals surface area contributed by atoms with Gasteiger partial charge in [0.2, 0.25) is 0 Å². The van der Waals surface area contributed by atoms with Crippen molar-refractivity contribution >= 4 is 33.1 Å². The van der Waals surface area contributed by atoms with E-state index in [1.165, 1.54) is 19.2 Å². The summed E-state index contributed by atoms with van der Waals surface area (Å²) in [5, 5.41) is 24.4. The normalized spacial score (nSPS) is 10.9. The Morgan fingerprint density at radius 3 is 2.67 bits per heavy atom. The van der Waals surface area contributed by atoms with E-state index >= 15 is 0 Å².